The number of aryl methyl sites for hydroxylation is 1. The molecule has 2 nitrogen and oxygen atoms in total. The summed E-state index contributed by atoms with van der Waals surface area (Å²) in [6.45, 7) is 1.63. The standard InChI is InChI=1S/C13H13NO/c1-10(15)7-8-11-4-2-6-13-12(11)5-3-9-14-13/h2-6,9H,7-8H2,1H3. The zero-order valence-electron chi connectivity index (χ0n) is 8.73. The molecule has 0 aliphatic carbocycles. The van der Waals surface area contributed by atoms with Crippen molar-refractivity contribution in [1.82, 2.24) is 4.98 Å². The van der Waals surface area contributed by atoms with Gasteiger partial charge in [-0.3, -0.25) is 4.98 Å². The Morgan fingerprint density at radius 3 is 2.93 bits per heavy atom. The van der Waals surface area contributed by atoms with Crippen molar-refractivity contribution in [3.8, 4) is 0 Å². The number of aromatic nitrogens is 1. The smallest absolute Gasteiger partial charge is 0.130 e. The Morgan fingerprint density at radius 1 is 1.27 bits per heavy atom. The van der Waals surface area contributed by atoms with Gasteiger partial charge in [0.2, 0.25) is 0 Å². The van der Waals surface area contributed by atoms with Crippen LogP contribution in [0.15, 0.2) is 36.5 Å². The van der Waals surface area contributed by atoms with E-state index in [1.54, 1.807) is 13.1 Å². The molecule has 0 fully saturated rings. The normalized spacial score (nSPS) is 10.5. The predicted octanol–water partition coefficient (Wildman–Crippen LogP) is 2.76. The van der Waals surface area contributed by atoms with Gasteiger partial charge in [-0.05, 0) is 31.0 Å². The average Bonchev–Trinajstić information content (AvgIpc) is 2.26. The number of fused-ring (bicyclic) bond motifs is 1. The molecule has 0 spiro atoms. The number of Topliss-reactive ketones (excluding diaryl/α,β-unsaturated/α-hetero) is 1. The molecule has 0 amide bonds. The summed E-state index contributed by atoms with van der Waals surface area (Å²) >= 11 is 0. The average molecular weight is 199 g/mol. The highest BCUT2D eigenvalue weighted by molar-refractivity contribution is 5.83. The van der Waals surface area contributed by atoms with Crippen molar-refractivity contribution in [1.29, 1.82) is 0 Å². The minimum Gasteiger partial charge on any atom is -0.300 e. The fourth-order valence-corrected chi connectivity index (χ4v) is 1.70. The number of carbonyl (C=O) groups excluding carboxylic acids is 1. The minimum atomic E-state index is 0.232. The Hall–Kier alpha value is -1.70. The highest BCUT2D eigenvalue weighted by atomic mass is 16.1. The van der Waals surface area contributed by atoms with Gasteiger partial charge in [-0.1, -0.05) is 18.2 Å². The van der Waals surface area contributed by atoms with E-state index in [0.717, 1.165) is 17.3 Å². The van der Waals surface area contributed by atoms with Crippen LogP contribution < -0.4 is 0 Å². The molecular formula is C13H13NO. The first-order chi connectivity index (χ1) is 7.27. The molecule has 15 heavy (non-hydrogen) atoms. The first-order valence-corrected chi connectivity index (χ1v) is 5.09. The van der Waals surface area contributed by atoms with E-state index in [1.165, 1.54) is 5.56 Å². The highest BCUT2D eigenvalue weighted by Gasteiger charge is 2.02. The second-order valence-corrected chi connectivity index (χ2v) is 3.69. The molecule has 0 unspecified atom stereocenters. The fourth-order valence-electron chi connectivity index (χ4n) is 1.70. The van der Waals surface area contributed by atoms with Gasteiger partial charge in [0, 0.05) is 18.0 Å². The van der Waals surface area contributed by atoms with Gasteiger partial charge >= 0.3 is 0 Å². The quantitative estimate of drug-likeness (QED) is 0.760. The molecule has 0 radical (unpaired) electrons. The highest BCUT2D eigenvalue weighted by Crippen LogP contribution is 2.17. The maximum atomic E-state index is 10.9. The largest absolute Gasteiger partial charge is 0.300 e. The Kier molecular flexibility index (Phi) is 2.77. The van der Waals surface area contributed by atoms with E-state index in [-0.39, 0.29) is 5.78 Å². The molecule has 0 bridgehead atoms. The lowest BCUT2D eigenvalue weighted by Gasteiger charge is -2.04. The summed E-state index contributed by atoms with van der Waals surface area (Å²) in [5, 5.41) is 1.15. The molecular weight excluding hydrogens is 186 g/mol. The molecule has 1 aromatic carbocycles. The molecule has 2 rings (SSSR count). The third-order valence-electron chi connectivity index (χ3n) is 2.48. The lowest BCUT2D eigenvalue weighted by Crippen LogP contribution is -1.95. The van der Waals surface area contributed by atoms with Crippen LogP contribution in [0.25, 0.3) is 10.9 Å². The first-order valence-electron chi connectivity index (χ1n) is 5.09. The zero-order valence-corrected chi connectivity index (χ0v) is 8.73. The molecule has 76 valence electrons. The third-order valence-corrected chi connectivity index (χ3v) is 2.48. The maximum absolute atomic E-state index is 10.9. The topological polar surface area (TPSA) is 30.0 Å². The van der Waals surface area contributed by atoms with E-state index in [4.69, 9.17) is 0 Å². The molecule has 0 saturated carbocycles. The van der Waals surface area contributed by atoms with Crippen molar-refractivity contribution < 1.29 is 4.79 Å². The molecule has 1 heterocycles. The van der Waals surface area contributed by atoms with Crippen LogP contribution in [0.4, 0.5) is 0 Å². The maximum Gasteiger partial charge on any atom is 0.130 e. The van der Waals surface area contributed by atoms with Crippen LogP contribution in [0, 0.1) is 0 Å². The van der Waals surface area contributed by atoms with Crippen LogP contribution in [0.5, 0.6) is 0 Å². The van der Waals surface area contributed by atoms with Gasteiger partial charge in [0.25, 0.3) is 0 Å². The number of nitrogens with zero attached hydrogens (tertiary/aromatic N) is 1. The van der Waals surface area contributed by atoms with Gasteiger partial charge < -0.3 is 4.79 Å². The predicted molar refractivity (Wildman–Crippen MR) is 60.7 cm³/mol. The third kappa shape index (κ3) is 2.21. The summed E-state index contributed by atoms with van der Waals surface area (Å²) in [6.07, 6.45) is 3.20. The van der Waals surface area contributed by atoms with Crippen molar-refractivity contribution in [3.05, 3.63) is 42.1 Å². The number of rotatable bonds is 3. The van der Waals surface area contributed by atoms with Gasteiger partial charge in [0.05, 0.1) is 5.52 Å². The SMILES string of the molecule is CC(=O)CCc1cccc2ncccc12. The number of hydrogen-bond donors (Lipinski definition) is 0. The molecule has 0 aliphatic heterocycles. The lowest BCUT2D eigenvalue weighted by molar-refractivity contribution is -0.116. The van der Waals surface area contributed by atoms with Crippen LogP contribution in [-0.2, 0) is 11.2 Å². The van der Waals surface area contributed by atoms with Crippen molar-refractivity contribution >= 4 is 16.7 Å². The second kappa shape index (κ2) is 4.22. The van der Waals surface area contributed by atoms with Crippen molar-refractivity contribution in [2.75, 3.05) is 0 Å². The van der Waals surface area contributed by atoms with E-state index in [1.807, 2.05) is 18.2 Å². The van der Waals surface area contributed by atoms with Crippen molar-refractivity contribution in [2.24, 2.45) is 0 Å². The first kappa shape index (κ1) is 9.84. The monoisotopic (exact) mass is 199 g/mol. The van der Waals surface area contributed by atoms with Crippen LogP contribution in [0.3, 0.4) is 0 Å². The number of benzene rings is 1. The molecule has 0 atom stereocenters. The summed E-state index contributed by atoms with van der Waals surface area (Å²) in [7, 11) is 0. The molecule has 2 aromatic rings. The number of hydrogen-bond acceptors (Lipinski definition) is 2. The number of ketones is 1. The van der Waals surface area contributed by atoms with E-state index < -0.39 is 0 Å². The van der Waals surface area contributed by atoms with E-state index in [2.05, 4.69) is 17.1 Å². The van der Waals surface area contributed by atoms with Gasteiger partial charge in [-0.25, -0.2) is 0 Å². The van der Waals surface area contributed by atoms with E-state index >= 15 is 0 Å². The Bertz CT molecular complexity index is 485. The molecule has 1 aromatic heterocycles. The Balaban J connectivity index is 2.38. The Morgan fingerprint density at radius 2 is 2.13 bits per heavy atom. The van der Waals surface area contributed by atoms with Gasteiger partial charge in [0.15, 0.2) is 0 Å². The van der Waals surface area contributed by atoms with Gasteiger partial charge in [0.1, 0.15) is 5.78 Å². The zero-order chi connectivity index (χ0) is 10.7. The fraction of sp³-hybridized carbons (Fsp3) is 0.231. The summed E-state index contributed by atoms with van der Waals surface area (Å²) in [4.78, 5) is 15.2. The summed E-state index contributed by atoms with van der Waals surface area (Å²) in [5.74, 6) is 0.232. The number of carbonyl (C=O) groups is 1. The second-order valence-electron chi connectivity index (χ2n) is 3.69. The van der Waals surface area contributed by atoms with Crippen LogP contribution >= 0.6 is 0 Å². The van der Waals surface area contributed by atoms with Crippen molar-refractivity contribution in [2.45, 2.75) is 19.8 Å². The van der Waals surface area contributed by atoms with E-state index in [0.29, 0.717) is 6.42 Å². The molecule has 0 aliphatic rings. The minimum absolute atomic E-state index is 0.232. The molecule has 2 heteroatoms. The van der Waals surface area contributed by atoms with E-state index in [9.17, 15) is 4.79 Å². The lowest BCUT2D eigenvalue weighted by atomic mass is 10.0. The molecule has 0 saturated heterocycles. The summed E-state index contributed by atoms with van der Waals surface area (Å²) < 4.78 is 0. The number of pyridine rings is 1. The van der Waals surface area contributed by atoms with Gasteiger partial charge in [-0.15, -0.1) is 0 Å². The van der Waals surface area contributed by atoms with Crippen LogP contribution in [0.1, 0.15) is 18.9 Å². The molecule has 0 N–H and O–H groups in total. The summed E-state index contributed by atoms with van der Waals surface area (Å²) in [6, 6.07) is 10.0. The summed E-state index contributed by atoms with van der Waals surface area (Å²) in [5.41, 5.74) is 2.20. The van der Waals surface area contributed by atoms with Gasteiger partial charge in [-0.2, -0.15) is 0 Å². The van der Waals surface area contributed by atoms with Crippen LogP contribution in [0.2, 0.25) is 0 Å². The van der Waals surface area contributed by atoms with Crippen LogP contribution in [-0.4, -0.2) is 10.8 Å². The Labute approximate surface area is 89.0 Å². The van der Waals surface area contributed by atoms with Crippen molar-refractivity contribution in [3.63, 3.8) is 0 Å².